The predicted octanol–water partition coefficient (Wildman–Crippen LogP) is 4.74. The third-order valence-corrected chi connectivity index (χ3v) is 6.95. The first-order valence-corrected chi connectivity index (χ1v) is 13.6. The smallest absolute Gasteiger partial charge is 0.244 e. The number of amides is 2. The summed E-state index contributed by atoms with van der Waals surface area (Å²) in [6, 6.07) is 9.98. The Labute approximate surface area is 216 Å². The molecule has 0 saturated carbocycles. The molecule has 0 aliphatic heterocycles. The predicted molar refractivity (Wildman–Crippen MR) is 138 cm³/mol. The van der Waals surface area contributed by atoms with Gasteiger partial charge < -0.3 is 10.2 Å². The van der Waals surface area contributed by atoms with E-state index in [0.717, 1.165) is 10.6 Å². The highest BCUT2D eigenvalue weighted by atomic mass is 35.5. The maximum Gasteiger partial charge on any atom is 0.244 e. The van der Waals surface area contributed by atoms with E-state index >= 15 is 0 Å². The van der Waals surface area contributed by atoms with Crippen molar-refractivity contribution in [3.63, 3.8) is 0 Å². The summed E-state index contributed by atoms with van der Waals surface area (Å²) in [6.07, 6.45) is 1.33. The molecule has 11 heteroatoms. The molecule has 0 radical (unpaired) electrons. The highest BCUT2D eigenvalue weighted by Gasteiger charge is 2.32. The number of hydrogen-bond acceptors (Lipinski definition) is 4. The number of hydrogen-bond donors (Lipinski definition) is 1. The van der Waals surface area contributed by atoms with Crippen LogP contribution in [-0.4, -0.2) is 50.0 Å². The third-order valence-electron chi connectivity index (χ3n) is 4.97. The number of rotatable bonds is 10. The summed E-state index contributed by atoms with van der Waals surface area (Å²) < 4.78 is 26.1. The average molecular weight is 549 g/mol. The van der Waals surface area contributed by atoms with Crippen molar-refractivity contribution in [2.45, 2.75) is 45.8 Å². The summed E-state index contributed by atoms with van der Waals surface area (Å²) in [6.45, 7) is 4.91. The van der Waals surface area contributed by atoms with Gasteiger partial charge in [-0.05, 0) is 62.2 Å². The zero-order valence-electron chi connectivity index (χ0n) is 19.4. The number of sulfonamides is 1. The van der Waals surface area contributed by atoms with Gasteiger partial charge in [0.2, 0.25) is 21.8 Å². The average Bonchev–Trinajstić information content (AvgIpc) is 2.72. The van der Waals surface area contributed by atoms with Crippen molar-refractivity contribution >= 4 is 62.3 Å². The molecular weight excluding hydrogens is 521 g/mol. The molecule has 0 aromatic heterocycles. The minimum Gasteiger partial charge on any atom is -0.352 e. The van der Waals surface area contributed by atoms with Crippen LogP contribution in [0.3, 0.4) is 0 Å². The van der Waals surface area contributed by atoms with Crippen molar-refractivity contribution in [2.75, 3.05) is 17.1 Å². The zero-order valence-corrected chi connectivity index (χ0v) is 22.5. The van der Waals surface area contributed by atoms with Gasteiger partial charge in [0.15, 0.2) is 0 Å². The highest BCUT2D eigenvalue weighted by molar-refractivity contribution is 7.92. The molecule has 0 aliphatic carbocycles. The van der Waals surface area contributed by atoms with Crippen LogP contribution < -0.4 is 9.62 Å². The molecule has 0 aliphatic rings. The summed E-state index contributed by atoms with van der Waals surface area (Å²) in [5, 5.41) is 4.02. The highest BCUT2D eigenvalue weighted by Crippen LogP contribution is 2.25. The van der Waals surface area contributed by atoms with Crippen LogP contribution in [0.5, 0.6) is 0 Å². The molecule has 0 fully saturated rings. The van der Waals surface area contributed by atoms with Crippen LogP contribution in [0.2, 0.25) is 15.1 Å². The van der Waals surface area contributed by atoms with E-state index in [2.05, 4.69) is 5.32 Å². The number of anilines is 1. The Balaban J connectivity index is 2.46. The number of halogens is 3. The molecule has 1 N–H and O–H groups in total. The summed E-state index contributed by atoms with van der Waals surface area (Å²) in [7, 11) is -3.82. The largest absolute Gasteiger partial charge is 0.352 e. The Morgan fingerprint density at radius 1 is 1.00 bits per heavy atom. The first-order valence-electron chi connectivity index (χ1n) is 10.6. The van der Waals surface area contributed by atoms with Gasteiger partial charge in [-0.15, -0.1) is 0 Å². The molecule has 2 rings (SSSR count). The Morgan fingerprint density at radius 3 is 2.09 bits per heavy atom. The molecule has 186 valence electrons. The van der Waals surface area contributed by atoms with Gasteiger partial charge in [-0.1, -0.05) is 47.8 Å². The molecule has 2 aromatic rings. The van der Waals surface area contributed by atoms with E-state index in [1.54, 1.807) is 25.1 Å². The quantitative estimate of drug-likeness (QED) is 0.464. The topological polar surface area (TPSA) is 86.8 Å². The Morgan fingerprint density at radius 2 is 1.59 bits per heavy atom. The SMILES string of the molecule is CC[C@H](C(=O)NC(C)C)N(Cc1ccc(Cl)cc1Cl)C(=O)CN(c1ccc(Cl)cc1)S(C)(=O)=O. The summed E-state index contributed by atoms with van der Waals surface area (Å²) in [5.74, 6) is -0.898. The van der Waals surface area contributed by atoms with Gasteiger partial charge in [0, 0.05) is 27.7 Å². The summed E-state index contributed by atoms with van der Waals surface area (Å²) in [5.41, 5.74) is 0.858. The van der Waals surface area contributed by atoms with Gasteiger partial charge in [0.05, 0.1) is 11.9 Å². The molecule has 34 heavy (non-hydrogen) atoms. The van der Waals surface area contributed by atoms with Crippen LogP contribution in [0.4, 0.5) is 5.69 Å². The fourth-order valence-electron chi connectivity index (χ4n) is 3.35. The van der Waals surface area contributed by atoms with Crippen LogP contribution in [0.1, 0.15) is 32.8 Å². The van der Waals surface area contributed by atoms with Gasteiger partial charge in [-0.3, -0.25) is 13.9 Å². The minimum absolute atomic E-state index is 0.00290. The van der Waals surface area contributed by atoms with E-state index in [-0.39, 0.29) is 24.2 Å². The Kier molecular flexibility index (Phi) is 10.1. The van der Waals surface area contributed by atoms with Crippen molar-refractivity contribution in [1.29, 1.82) is 0 Å². The van der Waals surface area contributed by atoms with Crippen molar-refractivity contribution in [3.8, 4) is 0 Å². The first-order chi connectivity index (χ1) is 15.8. The number of nitrogens with one attached hydrogen (secondary N) is 1. The van der Waals surface area contributed by atoms with Crippen LogP contribution in [0, 0.1) is 0 Å². The van der Waals surface area contributed by atoms with Gasteiger partial charge in [0.1, 0.15) is 12.6 Å². The second-order valence-corrected chi connectivity index (χ2v) is 11.3. The van der Waals surface area contributed by atoms with E-state index < -0.39 is 28.5 Å². The Bertz CT molecular complexity index is 1120. The van der Waals surface area contributed by atoms with Crippen LogP contribution >= 0.6 is 34.8 Å². The molecule has 0 unspecified atom stereocenters. The number of carbonyl (C=O) groups excluding carboxylic acids is 2. The third kappa shape index (κ3) is 7.77. The standard InChI is InChI=1S/C23H28Cl3N3O4S/c1-5-21(23(31)27-15(2)3)28(13-16-6-7-18(25)12-20(16)26)22(30)14-29(34(4,32)33)19-10-8-17(24)9-11-19/h6-12,15,21H,5,13-14H2,1-4H3,(H,27,31)/t21-/m1/s1. The summed E-state index contributed by atoms with van der Waals surface area (Å²) in [4.78, 5) is 27.9. The monoisotopic (exact) mass is 547 g/mol. The van der Waals surface area contributed by atoms with Crippen molar-refractivity contribution < 1.29 is 18.0 Å². The summed E-state index contributed by atoms with van der Waals surface area (Å²) >= 11 is 18.3. The fraction of sp³-hybridized carbons (Fsp3) is 0.391. The van der Waals surface area contributed by atoms with Crippen molar-refractivity contribution in [3.05, 3.63) is 63.1 Å². The van der Waals surface area contributed by atoms with Gasteiger partial charge in [-0.2, -0.15) is 0 Å². The van der Waals surface area contributed by atoms with Crippen LogP contribution in [-0.2, 0) is 26.2 Å². The van der Waals surface area contributed by atoms with Gasteiger partial charge in [0.25, 0.3) is 0 Å². The molecule has 0 heterocycles. The number of nitrogens with zero attached hydrogens (tertiary/aromatic N) is 2. The van der Waals surface area contributed by atoms with Gasteiger partial charge in [-0.25, -0.2) is 8.42 Å². The normalized spacial score (nSPS) is 12.4. The van der Waals surface area contributed by atoms with Crippen LogP contribution in [0.15, 0.2) is 42.5 Å². The van der Waals surface area contributed by atoms with Crippen LogP contribution in [0.25, 0.3) is 0 Å². The maximum atomic E-state index is 13.6. The zero-order chi connectivity index (χ0) is 25.6. The van der Waals surface area contributed by atoms with E-state index in [9.17, 15) is 18.0 Å². The lowest BCUT2D eigenvalue weighted by molar-refractivity contribution is -0.140. The lowest BCUT2D eigenvalue weighted by Crippen LogP contribution is -2.53. The molecule has 2 aromatic carbocycles. The molecule has 7 nitrogen and oxygen atoms in total. The van der Waals surface area contributed by atoms with Crippen molar-refractivity contribution in [1.82, 2.24) is 10.2 Å². The van der Waals surface area contributed by atoms with E-state index in [4.69, 9.17) is 34.8 Å². The Hall–Kier alpha value is -2.00. The molecule has 0 spiro atoms. The number of carbonyl (C=O) groups is 2. The lowest BCUT2D eigenvalue weighted by atomic mass is 10.1. The van der Waals surface area contributed by atoms with E-state index in [1.807, 2.05) is 13.8 Å². The first kappa shape index (κ1) is 28.2. The molecule has 2 amide bonds. The number of benzene rings is 2. The fourth-order valence-corrected chi connectivity index (χ4v) is 4.80. The van der Waals surface area contributed by atoms with E-state index in [0.29, 0.717) is 27.1 Å². The molecular formula is C23H28Cl3N3O4S. The van der Waals surface area contributed by atoms with E-state index in [1.165, 1.54) is 29.2 Å². The maximum absolute atomic E-state index is 13.6. The molecule has 0 bridgehead atoms. The van der Waals surface area contributed by atoms with Crippen molar-refractivity contribution in [2.24, 2.45) is 0 Å². The van der Waals surface area contributed by atoms with Gasteiger partial charge >= 0.3 is 0 Å². The molecule has 1 atom stereocenters. The minimum atomic E-state index is -3.82. The molecule has 0 saturated heterocycles. The second kappa shape index (κ2) is 12.1. The lowest BCUT2D eigenvalue weighted by Gasteiger charge is -2.33. The second-order valence-electron chi connectivity index (χ2n) is 8.09.